The van der Waals surface area contributed by atoms with Crippen LogP contribution in [0.5, 0.6) is 0 Å². The van der Waals surface area contributed by atoms with Crippen LogP contribution in [0.4, 0.5) is 10.6 Å². The monoisotopic (exact) mass is 389 g/mol. The molecule has 1 aliphatic heterocycles. The molecule has 0 unspecified atom stereocenters. The first-order valence-electron chi connectivity index (χ1n) is 11.1. The first-order chi connectivity index (χ1) is 13.4. The number of carbonyl (C=O) groups excluding carboxylic acids is 1. The van der Waals surface area contributed by atoms with Gasteiger partial charge in [0.1, 0.15) is 11.4 Å². The molecule has 5 heteroatoms. The van der Waals surface area contributed by atoms with Crippen LogP contribution < -0.4 is 4.90 Å². The number of anilines is 1. The molecular formula is C23H39N3O2. The molecule has 0 saturated carbocycles. The van der Waals surface area contributed by atoms with Crippen molar-refractivity contribution in [3.8, 4) is 0 Å². The number of amides is 1. The molecule has 158 valence electrons. The number of hydrogen-bond donors (Lipinski definition) is 0. The Bertz CT molecular complexity index is 612. The van der Waals surface area contributed by atoms with Crippen LogP contribution in [0.1, 0.15) is 91.2 Å². The Morgan fingerprint density at radius 2 is 2.00 bits per heavy atom. The van der Waals surface area contributed by atoms with Gasteiger partial charge in [-0.15, -0.1) is 0 Å². The number of carbonyl (C=O) groups is 1. The highest BCUT2D eigenvalue weighted by atomic mass is 16.6. The SMILES string of the molecule is CCCCN(C(=O)OC(C)(C)C)c1ncccc1[C@H]1CCCCN1CCCC. The Balaban J connectivity index is 2.35. The molecule has 1 aromatic heterocycles. The summed E-state index contributed by atoms with van der Waals surface area (Å²) >= 11 is 0. The van der Waals surface area contributed by atoms with E-state index in [1.807, 2.05) is 26.8 Å². The number of hydrogen-bond acceptors (Lipinski definition) is 4. The van der Waals surface area contributed by atoms with E-state index in [1.165, 1.54) is 31.2 Å². The summed E-state index contributed by atoms with van der Waals surface area (Å²) in [4.78, 5) is 22.0. The molecule has 5 nitrogen and oxygen atoms in total. The van der Waals surface area contributed by atoms with Crippen LogP contribution in [0.3, 0.4) is 0 Å². The lowest BCUT2D eigenvalue weighted by molar-refractivity contribution is 0.0577. The number of aromatic nitrogens is 1. The fraction of sp³-hybridized carbons (Fsp3) is 0.739. The first kappa shape index (κ1) is 22.7. The second-order valence-electron chi connectivity index (χ2n) is 8.80. The van der Waals surface area contributed by atoms with Crippen LogP contribution in [-0.2, 0) is 4.74 Å². The van der Waals surface area contributed by atoms with Gasteiger partial charge >= 0.3 is 6.09 Å². The lowest BCUT2D eigenvalue weighted by Crippen LogP contribution is -2.40. The quantitative estimate of drug-likeness (QED) is 0.551. The lowest BCUT2D eigenvalue weighted by atomic mass is 9.95. The van der Waals surface area contributed by atoms with Gasteiger partial charge in [0.15, 0.2) is 0 Å². The van der Waals surface area contributed by atoms with Crippen molar-refractivity contribution in [3.05, 3.63) is 23.9 Å². The number of piperidine rings is 1. The Hall–Kier alpha value is -1.62. The smallest absolute Gasteiger partial charge is 0.416 e. The minimum Gasteiger partial charge on any atom is -0.443 e. The van der Waals surface area contributed by atoms with Crippen molar-refractivity contribution >= 4 is 11.9 Å². The molecule has 0 aliphatic carbocycles. The summed E-state index contributed by atoms with van der Waals surface area (Å²) in [5.41, 5.74) is 0.648. The summed E-state index contributed by atoms with van der Waals surface area (Å²) in [5.74, 6) is 0.776. The van der Waals surface area contributed by atoms with Crippen molar-refractivity contribution in [2.45, 2.75) is 91.2 Å². The zero-order valence-corrected chi connectivity index (χ0v) is 18.5. The molecule has 1 amide bonds. The van der Waals surface area contributed by atoms with Crippen molar-refractivity contribution < 1.29 is 9.53 Å². The minimum absolute atomic E-state index is 0.295. The van der Waals surface area contributed by atoms with E-state index >= 15 is 0 Å². The van der Waals surface area contributed by atoms with Crippen molar-refractivity contribution in [3.63, 3.8) is 0 Å². The average Bonchev–Trinajstić information content (AvgIpc) is 2.66. The highest BCUT2D eigenvalue weighted by Crippen LogP contribution is 2.36. The summed E-state index contributed by atoms with van der Waals surface area (Å²) in [6.07, 6.45) is 9.45. The van der Waals surface area contributed by atoms with Gasteiger partial charge in [-0.25, -0.2) is 9.78 Å². The third-order valence-corrected chi connectivity index (χ3v) is 5.19. The molecule has 1 saturated heterocycles. The maximum atomic E-state index is 13.0. The van der Waals surface area contributed by atoms with Gasteiger partial charge in [-0.05, 0) is 65.6 Å². The number of nitrogens with zero attached hydrogens (tertiary/aromatic N) is 3. The molecule has 0 spiro atoms. The van der Waals surface area contributed by atoms with Gasteiger partial charge in [-0.3, -0.25) is 9.80 Å². The standard InChI is InChI=1S/C23H39N3O2/c1-6-8-16-25-17-11-10-14-20(25)19-13-12-15-24-21(19)26(18-9-7-2)22(27)28-23(3,4)5/h12-13,15,20H,6-11,14,16-18H2,1-5H3/t20-/m1/s1. The molecule has 1 atom stereocenters. The number of unbranched alkanes of at least 4 members (excludes halogenated alkanes) is 2. The molecule has 0 aromatic carbocycles. The fourth-order valence-electron chi connectivity index (χ4n) is 3.78. The van der Waals surface area contributed by atoms with Gasteiger partial charge in [0, 0.05) is 24.3 Å². The summed E-state index contributed by atoms with van der Waals surface area (Å²) in [6, 6.07) is 4.48. The predicted molar refractivity (Wildman–Crippen MR) is 116 cm³/mol. The van der Waals surface area contributed by atoms with E-state index in [4.69, 9.17) is 4.74 Å². The van der Waals surface area contributed by atoms with E-state index in [-0.39, 0.29) is 6.09 Å². The zero-order valence-electron chi connectivity index (χ0n) is 18.5. The summed E-state index contributed by atoms with van der Waals surface area (Å²) in [5, 5.41) is 0. The van der Waals surface area contributed by atoms with Crippen molar-refractivity contribution in [1.82, 2.24) is 9.88 Å². The van der Waals surface area contributed by atoms with Crippen LogP contribution in [0.25, 0.3) is 0 Å². The maximum Gasteiger partial charge on any atom is 0.416 e. The van der Waals surface area contributed by atoms with Gasteiger partial charge in [-0.2, -0.15) is 0 Å². The van der Waals surface area contributed by atoms with E-state index < -0.39 is 5.60 Å². The molecule has 0 bridgehead atoms. The van der Waals surface area contributed by atoms with Crippen LogP contribution >= 0.6 is 0 Å². The Kier molecular flexibility index (Phi) is 8.74. The molecule has 1 aromatic rings. The molecular weight excluding hydrogens is 350 g/mol. The van der Waals surface area contributed by atoms with Crippen LogP contribution in [-0.4, -0.2) is 41.2 Å². The van der Waals surface area contributed by atoms with Crippen LogP contribution in [0.15, 0.2) is 18.3 Å². The van der Waals surface area contributed by atoms with Crippen LogP contribution in [0.2, 0.25) is 0 Å². The molecule has 1 aliphatic rings. The number of likely N-dealkylation sites (tertiary alicyclic amines) is 1. The second kappa shape index (κ2) is 10.8. The summed E-state index contributed by atoms with van der Waals surface area (Å²) in [7, 11) is 0. The van der Waals surface area contributed by atoms with Crippen molar-refractivity contribution in [2.75, 3.05) is 24.5 Å². The maximum absolute atomic E-state index is 13.0. The molecule has 1 fully saturated rings. The van der Waals surface area contributed by atoms with E-state index in [1.54, 1.807) is 11.1 Å². The molecule has 2 heterocycles. The third kappa shape index (κ3) is 6.47. The van der Waals surface area contributed by atoms with Crippen molar-refractivity contribution in [1.29, 1.82) is 0 Å². The van der Waals surface area contributed by atoms with Crippen molar-refractivity contribution in [2.24, 2.45) is 0 Å². The van der Waals surface area contributed by atoms with Crippen LogP contribution in [0, 0.1) is 0 Å². The second-order valence-corrected chi connectivity index (χ2v) is 8.80. The minimum atomic E-state index is -0.519. The Labute approximate surface area is 171 Å². The van der Waals surface area contributed by atoms with E-state index in [0.29, 0.717) is 12.6 Å². The Morgan fingerprint density at radius 3 is 2.68 bits per heavy atom. The Morgan fingerprint density at radius 1 is 1.25 bits per heavy atom. The van der Waals surface area contributed by atoms with Gasteiger partial charge < -0.3 is 4.74 Å². The van der Waals surface area contributed by atoms with Gasteiger partial charge in [0.25, 0.3) is 0 Å². The molecule has 0 N–H and O–H groups in total. The first-order valence-corrected chi connectivity index (χ1v) is 11.1. The average molecular weight is 390 g/mol. The zero-order chi connectivity index (χ0) is 20.6. The molecule has 28 heavy (non-hydrogen) atoms. The van der Waals surface area contributed by atoms with Gasteiger partial charge in [0.2, 0.25) is 0 Å². The largest absolute Gasteiger partial charge is 0.443 e. The normalized spacial score (nSPS) is 18.1. The van der Waals surface area contributed by atoms with Gasteiger partial charge in [0.05, 0.1) is 0 Å². The highest BCUT2D eigenvalue weighted by molar-refractivity contribution is 5.87. The molecule has 2 rings (SSSR count). The summed E-state index contributed by atoms with van der Waals surface area (Å²) in [6.45, 7) is 13.0. The van der Waals surface area contributed by atoms with E-state index in [2.05, 4.69) is 29.8 Å². The third-order valence-electron chi connectivity index (χ3n) is 5.19. The molecule has 0 radical (unpaired) electrons. The summed E-state index contributed by atoms with van der Waals surface area (Å²) < 4.78 is 5.72. The van der Waals surface area contributed by atoms with E-state index in [0.717, 1.165) is 38.2 Å². The lowest BCUT2D eigenvalue weighted by Gasteiger charge is -2.38. The number of rotatable bonds is 8. The highest BCUT2D eigenvalue weighted by Gasteiger charge is 2.31. The number of pyridine rings is 1. The van der Waals surface area contributed by atoms with Gasteiger partial charge in [-0.1, -0.05) is 39.2 Å². The predicted octanol–water partition coefficient (Wildman–Crippen LogP) is 5.95. The topological polar surface area (TPSA) is 45.7 Å². The van der Waals surface area contributed by atoms with E-state index in [9.17, 15) is 4.79 Å². The fourth-order valence-corrected chi connectivity index (χ4v) is 3.78. The number of ether oxygens (including phenoxy) is 1.